The Balaban J connectivity index is 0.00000400. The van der Waals surface area contributed by atoms with Gasteiger partial charge in [-0.3, -0.25) is 4.79 Å². The number of anilines is 1. The Labute approximate surface area is 145 Å². The first-order valence-corrected chi connectivity index (χ1v) is 7.20. The molecule has 7 nitrogen and oxygen atoms in total. The van der Waals surface area contributed by atoms with E-state index in [1.807, 2.05) is 0 Å². The van der Waals surface area contributed by atoms with Gasteiger partial charge in [-0.15, -0.1) is 0 Å². The number of hydrogen-bond acceptors (Lipinski definition) is 5. The average molecular weight is 322 g/mol. The number of nitrogens with zero attached hydrogens (tertiary/aromatic N) is 1. The first kappa shape index (κ1) is 20.1. The fraction of sp³-hybridized carbons (Fsp3) is 0.333. The Morgan fingerprint density at radius 2 is 1.67 bits per heavy atom. The average Bonchev–Trinajstić information content (AvgIpc) is 2.37. The van der Waals surface area contributed by atoms with Crippen molar-refractivity contribution in [3.63, 3.8) is 0 Å². The van der Waals surface area contributed by atoms with Gasteiger partial charge in [0, 0.05) is 32.2 Å². The number of carboxylic acids is 1. The number of hydrogen-bond donors (Lipinski definition) is 1. The van der Waals surface area contributed by atoms with E-state index in [-0.39, 0.29) is 47.3 Å². The minimum Gasteiger partial charge on any atom is -0.550 e. The summed E-state index contributed by atoms with van der Waals surface area (Å²) >= 11 is 0. The quantitative estimate of drug-likeness (QED) is 0.545. The molecule has 1 rings (SSSR count). The van der Waals surface area contributed by atoms with Crippen molar-refractivity contribution in [2.45, 2.75) is 17.7 Å². The van der Waals surface area contributed by atoms with Crippen LogP contribution in [0, 0.1) is 0 Å². The molecule has 0 bridgehead atoms. The molecule has 0 radical (unpaired) electrons. The van der Waals surface area contributed by atoms with Crippen LogP contribution in [0.1, 0.15) is 12.8 Å². The molecule has 110 valence electrons. The molecule has 1 aromatic rings. The number of rotatable bonds is 6. The number of carbonyl (C=O) groups excluding carboxylic acids is 2. The van der Waals surface area contributed by atoms with Crippen LogP contribution in [-0.4, -0.2) is 38.7 Å². The Bertz CT molecular complexity index is 599. The first-order valence-electron chi connectivity index (χ1n) is 5.76. The number of carbonyl (C=O) groups is 2. The third-order valence-corrected chi connectivity index (χ3v) is 4.30. The van der Waals surface area contributed by atoms with Crippen LogP contribution in [0.3, 0.4) is 0 Å². The molecule has 0 aliphatic rings. The first-order chi connectivity index (χ1) is 9.23. The number of benzene rings is 1. The third-order valence-electron chi connectivity index (χ3n) is 2.47. The maximum absolute atomic E-state index is 11.8. The fourth-order valence-electron chi connectivity index (χ4n) is 1.36. The van der Waals surface area contributed by atoms with Gasteiger partial charge in [0.1, 0.15) is 0 Å². The summed E-state index contributed by atoms with van der Waals surface area (Å²) in [5.74, 6) is -1.77. The zero-order valence-corrected chi connectivity index (χ0v) is 14.9. The van der Waals surface area contributed by atoms with E-state index >= 15 is 0 Å². The van der Waals surface area contributed by atoms with Crippen LogP contribution in [0.4, 0.5) is 5.69 Å². The fourth-order valence-corrected chi connectivity index (χ4v) is 2.26. The molecule has 0 saturated carbocycles. The van der Waals surface area contributed by atoms with Crippen molar-refractivity contribution in [1.29, 1.82) is 0 Å². The molecule has 0 aliphatic heterocycles. The summed E-state index contributed by atoms with van der Waals surface area (Å²) in [5, 5.41) is 12.7. The predicted molar refractivity (Wildman–Crippen MR) is 70.2 cm³/mol. The third kappa shape index (κ3) is 6.15. The van der Waals surface area contributed by atoms with Gasteiger partial charge in [0.2, 0.25) is 15.9 Å². The maximum Gasteiger partial charge on any atom is 1.00 e. The standard InChI is InChI=1S/C12H16N2O5S.Na/c1-14(2)20(18,19)10-5-3-9(4-6-10)13-11(15)7-8-12(16)17;/h3-6H,7-8H2,1-2H3,(H,13,15)(H,16,17);/q;+1/p-1. The van der Waals surface area contributed by atoms with E-state index in [0.29, 0.717) is 5.69 Å². The summed E-state index contributed by atoms with van der Waals surface area (Å²) in [6, 6.07) is 5.61. The summed E-state index contributed by atoms with van der Waals surface area (Å²) in [7, 11) is -0.666. The van der Waals surface area contributed by atoms with Crippen LogP contribution in [0.5, 0.6) is 0 Å². The van der Waals surface area contributed by atoms with Gasteiger partial charge in [0.25, 0.3) is 0 Å². The van der Waals surface area contributed by atoms with Gasteiger partial charge < -0.3 is 15.2 Å². The van der Waals surface area contributed by atoms with Gasteiger partial charge in [-0.05, 0) is 30.7 Å². The number of carboxylic acid groups (broad SMARTS) is 1. The normalized spacial score (nSPS) is 10.8. The summed E-state index contributed by atoms with van der Waals surface area (Å²) in [6.45, 7) is 0. The van der Waals surface area contributed by atoms with Gasteiger partial charge in [-0.2, -0.15) is 0 Å². The van der Waals surface area contributed by atoms with Crippen LogP contribution in [0.2, 0.25) is 0 Å². The molecule has 0 atom stereocenters. The minimum atomic E-state index is -3.51. The van der Waals surface area contributed by atoms with Crippen molar-refractivity contribution in [3.8, 4) is 0 Å². The second-order valence-electron chi connectivity index (χ2n) is 4.23. The van der Waals surface area contributed by atoms with E-state index in [4.69, 9.17) is 0 Å². The maximum atomic E-state index is 11.8. The van der Waals surface area contributed by atoms with Crippen molar-refractivity contribution in [2.24, 2.45) is 0 Å². The predicted octanol–water partition coefficient (Wildman–Crippen LogP) is -3.59. The van der Waals surface area contributed by atoms with E-state index in [0.717, 1.165) is 4.31 Å². The number of aliphatic carboxylic acids is 1. The topological polar surface area (TPSA) is 107 Å². The van der Waals surface area contributed by atoms with E-state index < -0.39 is 21.9 Å². The van der Waals surface area contributed by atoms with Crippen molar-refractivity contribution in [1.82, 2.24) is 4.31 Å². The van der Waals surface area contributed by atoms with Crippen LogP contribution in [-0.2, 0) is 19.6 Å². The molecule has 0 saturated heterocycles. The Morgan fingerprint density at radius 3 is 2.10 bits per heavy atom. The Kier molecular flexibility index (Phi) is 8.12. The summed E-state index contributed by atoms with van der Waals surface area (Å²) < 4.78 is 24.7. The molecule has 1 N–H and O–H groups in total. The molecule has 0 spiro atoms. The molecule has 1 amide bonds. The van der Waals surface area contributed by atoms with Crippen LogP contribution < -0.4 is 40.0 Å². The van der Waals surface area contributed by atoms with Crippen LogP contribution >= 0.6 is 0 Å². The Hall–Kier alpha value is -0.930. The molecule has 0 aromatic heterocycles. The molecule has 0 fully saturated rings. The van der Waals surface area contributed by atoms with Gasteiger partial charge in [0.05, 0.1) is 4.90 Å². The number of amides is 1. The molecule has 9 heteroatoms. The molecule has 21 heavy (non-hydrogen) atoms. The molecule has 1 aromatic carbocycles. The number of nitrogens with one attached hydrogen (secondary N) is 1. The van der Waals surface area contributed by atoms with Crippen LogP contribution in [0.25, 0.3) is 0 Å². The Morgan fingerprint density at radius 1 is 1.14 bits per heavy atom. The molecular weight excluding hydrogens is 307 g/mol. The van der Waals surface area contributed by atoms with E-state index in [2.05, 4.69) is 5.32 Å². The van der Waals surface area contributed by atoms with Crippen molar-refractivity contribution in [2.75, 3.05) is 19.4 Å². The van der Waals surface area contributed by atoms with E-state index in [1.165, 1.54) is 38.4 Å². The van der Waals surface area contributed by atoms with Gasteiger partial charge in [-0.1, -0.05) is 0 Å². The van der Waals surface area contributed by atoms with E-state index in [1.54, 1.807) is 0 Å². The smallest absolute Gasteiger partial charge is 0.550 e. The van der Waals surface area contributed by atoms with Crippen molar-refractivity contribution < 1.29 is 52.7 Å². The summed E-state index contributed by atoms with van der Waals surface area (Å²) in [6.07, 6.45) is -0.557. The van der Waals surface area contributed by atoms with Crippen molar-refractivity contribution in [3.05, 3.63) is 24.3 Å². The molecule has 0 heterocycles. The minimum absolute atomic E-state index is 0. The molecule has 0 aliphatic carbocycles. The zero-order valence-electron chi connectivity index (χ0n) is 12.1. The summed E-state index contributed by atoms with van der Waals surface area (Å²) in [5.41, 5.74) is 0.394. The number of sulfonamides is 1. The van der Waals surface area contributed by atoms with E-state index in [9.17, 15) is 23.1 Å². The summed E-state index contributed by atoms with van der Waals surface area (Å²) in [4.78, 5) is 21.7. The molecular formula is C12H15N2NaO5S. The second kappa shape index (κ2) is 8.50. The SMILES string of the molecule is CN(C)S(=O)(=O)c1ccc(NC(=O)CCC(=O)[O-])cc1.[Na+]. The van der Waals surface area contributed by atoms with Gasteiger partial charge >= 0.3 is 29.6 Å². The monoisotopic (exact) mass is 322 g/mol. The van der Waals surface area contributed by atoms with Gasteiger partial charge in [-0.25, -0.2) is 12.7 Å². The largest absolute Gasteiger partial charge is 1.00 e. The van der Waals surface area contributed by atoms with Crippen molar-refractivity contribution >= 4 is 27.6 Å². The molecule has 0 unspecified atom stereocenters. The second-order valence-corrected chi connectivity index (χ2v) is 6.38. The van der Waals surface area contributed by atoms with Gasteiger partial charge in [0.15, 0.2) is 0 Å². The zero-order chi connectivity index (χ0) is 15.3. The van der Waals surface area contributed by atoms with Crippen LogP contribution in [0.15, 0.2) is 29.2 Å².